The predicted octanol–water partition coefficient (Wildman–Crippen LogP) is 5.36. The molecule has 3 aromatic carbocycles. The van der Waals surface area contributed by atoms with Crippen molar-refractivity contribution in [3.63, 3.8) is 0 Å². The molecule has 1 N–H and O–H groups in total. The highest BCUT2D eigenvalue weighted by atomic mass is 35.5. The number of halogens is 2. The van der Waals surface area contributed by atoms with Gasteiger partial charge in [-0.05, 0) is 55.0 Å². The normalized spacial score (nSPS) is 12.7. The van der Waals surface area contributed by atoms with Crippen LogP contribution in [0.3, 0.4) is 0 Å². The molecular formula is C24H20Cl2N2O4. The fraction of sp³-hybridized carbons (Fsp3) is 0.167. The molecule has 0 saturated carbocycles. The van der Waals surface area contributed by atoms with E-state index in [1.807, 2.05) is 31.2 Å². The van der Waals surface area contributed by atoms with E-state index in [1.54, 1.807) is 35.2 Å². The number of carbonyl (C=O) groups excluding carboxylic acids is 2. The molecule has 1 heterocycles. The van der Waals surface area contributed by atoms with E-state index in [2.05, 4.69) is 5.32 Å². The minimum absolute atomic E-state index is 0.0817. The van der Waals surface area contributed by atoms with Crippen LogP contribution in [0, 0.1) is 6.92 Å². The Bertz CT molecular complexity index is 1180. The molecule has 0 aliphatic carbocycles. The van der Waals surface area contributed by atoms with Crippen molar-refractivity contribution in [2.24, 2.45) is 0 Å². The second kappa shape index (κ2) is 9.51. The Balaban J connectivity index is 1.44. The SMILES string of the molecule is Cc1cccc(OCCN2C(=O)COc3cc(NC(=O)c4ccc(Cl)c(Cl)c4)ccc32)c1. The molecule has 4 rings (SSSR count). The van der Waals surface area contributed by atoms with Gasteiger partial charge < -0.3 is 19.7 Å². The molecule has 2 amide bonds. The Morgan fingerprint density at radius 3 is 2.72 bits per heavy atom. The number of rotatable bonds is 6. The molecule has 1 aliphatic heterocycles. The van der Waals surface area contributed by atoms with Gasteiger partial charge in [0.2, 0.25) is 0 Å². The van der Waals surface area contributed by atoms with Crippen molar-refractivity contribution in [2.75, 3.05) is 30.0 Å². The lowest BCUT2D eigenvalue weighted by Crippen LogP contribution is -2.41. The number of amides is 2. The summed E-state index contributed by atoms with van der Waals surface area (Å²) in [6, 6.07) is 17.5. The molecule has 6 nitrogen and oxygen atoms in total. The van der Waals surface area contributed by atoms with E-state index < -0.39 is 0 Å². The van der Waals surface area contributed by atoms with E-state index >= 15 is 0 Å². The number of nitrogens with zero attached hydrogens (tertiary/aromatic N) is 1. The summed E-state index contributed by atoms with van der Waals surface area (Å²) in [5.74, 6) is 0.773. The van der Waals surface area contributed by atoms with Gasteiger partial charge in [0.05, 0.1) is 22.3 Å². The predicted molar refractivity (Wildman–Crippen MR) is 125 cm³/mol. The van der Waals surface area contributed by atoms with Crippen LogP contribution in [0.4, 0.5) is 11.4 Å². The average Bonchev–Trinajstić information content (AvgIpc) is 2.77. The maximum absolute atomic E-state index is 12.5. The zero-order valence-electron chi connectivity index (χ0n) is 17.2. The van der Waals surface area contributed by atoms with Crippen LogP contribution >= 0.6 is 23.2 Å². The second-order valence-electron chi connectivity index (χ2n) is 7.26. The molecule has 3 aromatic rings. The van der Waals surface area contributed by atoms with Crippen molar-refractivity contribution >= 4 is 46.4 Å². The number of hydrogen-bond acceptors (Lipinski definition) is 4. The highest BCUT2D eigenvalue weighted by Crippen LogP contribution is 2.34. The van der Waals surface area contributed by atoms with Crippen molar-refractivity contribution in [1.82, 2.24) is 0 Å². The molecule has 164 valence electrons. The van der Waals surface area contributed by atoms with E-state index in [-0.39, 0.29) is 18.4 Å². The minimum Gasteiger partial charge on any atom is -0.492 e. The van der Waals surface area contributed by atoms with Crippen molar-refractivity contribution in [1.29, 1.82) is 0 Å². The first kappa shape index (κ1) is 22.0. The van der Waals surface area contributed by atoms with Gasteiger partial charge in [0.25, 0.3) is 11.8 Å². The van der Waals surface area contributed by atoms with Crippen molar-refractivity contribution < 1.29 is 19.1 Å². The molecule has 0 atom stereocenters. The summed E-state index contributed by atoms with van der Waals surface area (Å²) >= 11 is 11.9. The number of carbonyl (C=O) groups is 2. The maximum Gasteiger partial charge on any atom is 0.265 e. The maximum atomic E-state index is 12.5. The lowest BCUT2D eigenvalue weighted by atomic mass is 10.2. The van der Waals surface area contributed by atoms with Crippen LogP contribution in [0.25, 0.3) is 0 Å². The Morgan fingerprint density at radius 1 is 1.09 bits per heavy atom. The summed E-state index contributed by atoms with van der Waals surface area (Å²) in [4.78, 5) is 26.6. The van der Waals surface area contributed by atoms with E-state index in [1.165, 1.54) is 6.07 Å². The Hall–Kier alpha value is -3.22. The van der Waals surface area contributed by atoms with Gasteiger partial charge in [0, 0.05) is 17.3 Å². The number of nitrogens with one attached hydrogen (secondary N) is 1. The fourth-order valence-corrected chi connectivity index (χ4v) is 3.63. The summed E-state index contributed by atoms with van der Waals surface area (Å²) < 4.78 is 11.4. The molecule has 32 heavy (non-hydrogen) atoms. The fourth-order valence-electron chi connectivity index (χ4n) is 3.33. The number of hydrogen-bond donors (Lipinski definition) is 1. The average molecular weight is 471 g/mol. The van der Waals surface area contributed by atoms with Crippen LogP contribution in [0.15, 0.2) is 60.7 Å². The van der Waals surface area contributed by atoms with Gasteiger partial charge in [0.15, 0.2) is 6.61 Å². The number of fused-ring (bicyclic) bond motifs is 1. The Labute approximate surface area is 195 Å². The van der Waals surface area contributed by atoms with Gasteiger partial charge in [-0.3, -0.25) is 9.59 Å². The van der Waals surface area contributed by atoms with Gasteiger partial charge in [-0.25, -0.2) is 0 Å². The van der Waals surface area contributed by atoms with Gasteiger partial charge in [0.1, 0.15) is 18.1 Å². The first-order valence-corrected chi connectivity index (χ1v) is 10.7. The molecule has 0 bridgehead atoms. The third kappa shape index (κ3) is 4.98. The molecule has 0 saturated heterocycles. The molecule has 0 unspecified atom stereocenters. The summed E-state index contributed by atoms with van der Waals surface area (Å²) in [6.07, 6.45) is 0. The van der Waals surface area contributed by atoms with Crippen molar-refractivity contribution in [3.05, 3.63) is 81.8 Å². The molecule has 0 fully saturated rings. The lowest BCUT2D eigenvalue weighted by Gasteiger charge is -2.29. The number of anilines is 2. The van der Waals surface area contributed by atoms with E-state index in [0.717, 1.165) is 11.3 Å². The largest absolute Gasteiger partial charge is 0.492 e. The standard InChI is InChI=1S/C24H20Cl2N2O4/c1-15-3-2-4-18(11-15)31-10-9-28-21-8-6-17(13-22(21)32-14-23(28)29)27-24(30)16-5-7-19(25)20(26)12-16/h2-8,11-13H,9-10,14H2,1H3,(H,27,30). The molecule has 0 aromatic heterocycles. The molecule has 0 spiro atoms. The molecule has 1 aliphatic rings. The van der Waals surface area contributed by atoms with E-state index in [4.69, 9.17) is 32.7 Å². The molecule has 8 heteroatoms. The Kier molecular flexibility index (Phi) is 6.53. The Morgan fingerprint density at radius 2 is 1.94 bits per heavy atom. The highest BCUT2D eigenvalue weighted by Gasteiger charge is 2.26. The summed E-state index contributed by atoms with van der Waals surface area (Å²) in [7, 11) is 0. The quantitative estimate of drug-likeness (QED) is 0.526. The number of ether oxygens (including phenoxy) is 2. The van der Waals surface area contributed by atoms with Gasteiger partial charge in [-0.1, -0.05) is 35.3 Å². The topological polar surface area (TPSA) is 67.9 Å². The van der Waals surface area contributed by atoms with Crippen LogP contribution in [0.1, 0.15) is 15.9 Å². The van der Waals surface area contributed by atoms with Gasteiger partial charge in [-0.15, -0.1) is 0 Å². The molecule has 0 radical (unpaired) electrons. The van der Waals surface area contributed by atoms with E-state index in [0.29, 0.717) is 45.9 Å². The van der Waals surface area contributed by atoms with Crippen molar-refractivity contribution in [2.45, 2.75) is 6.92 Å². The highest BCUT2D eigenvalue weighted by molar-refractivity contribution is 6.42. The molecular weight excluding hydrogens is 451 g/mol. The lowest BCUT2D eigenvalue weighted by molar-refractivity contribution is -0.121. The first-order valence-electron chi connectivity index (χ1n) is 9.94. The van der Waals surface area contributed by atoms with Crippen LogP contribution in [-0.4, -0.2) is 31.6 Å². The first-order chi connectivity index (χ1) is 15.4. The monoisotopic (exact) mass is 470 g/mol. The van der Waals surface area contributed by atoms with E-state index in [9.17, 15) is 9.59 Å². The summed E-state index contributed by atoms with van der Waals surface area (Å²) in [5.41, 5.74) is 2.64. The van der Waals surface area contributed by atoms with Crippen molar-refractivity contribution in [3.8, 4) is 11.5 Å². The smallest absolute Gasteiger partial charge is 0.265 e. The zero-order chi connectivity index (χ0) is 22.7. The second-order valence-corrected chi connectivity index (χ2v) is 8.08. The number of aryl methyl sites for hydroxylation is 1. The third-order valence-corrected chi connectivity index (χ3v) is 5.65. The zero-order valence-corrected chi connectivity index (χ0v) is 18.7. The summed E-state index contributed by atoms with van der Waals surface area (Å²) in [5, 5.41) is 3.48. The van der Waals surface area contributed by atoms with Crippen LogP contribution in [-0.2, 0) is 4.79 Å². The van der Waals surface area contributed by atoms with Crippen LogP contribution in [0.5, 0.6) is 11.5 Å². The summed E-state index contributed by atoms with van der Waals surface area (Å²) in [6.45, 7) is 2.62. The minimum atomic E-state index is -0.334. The van der Waals surface area contributed by atoms with Crippen LogP contribution < -0.4 is 19.7 Å². The van der Waals surface area contributed by atoms with Gasteiger partial charge in [-0.2, -0.15) is 0 Å². The van der Waals surface area contributed by atoms with Crippen LogP contribution in [0.2, 0.25) is 10.0 Å². The van der Waals surface area contributed by atoms with Gasteiger partial charge >= 0.3 is 0 Å². The number of benzene rings is 3. The third-order valence-electron chi connectivity index (χ3n) is 4.92.